The number of hydrogen-bond acceptors (Lipinski definition) is 3. The van der Waals surface area contributed by atoms with E-state index in [0.29, 0.717) is 5.69 Å². The topological polar surface area (TPSA) is 72.2 Å². The summed E-state index contributed by atoms with van der Waals surface area (Å²) in [5.74, 6) is -0.0544. The summed E-state index contributed by atoms with van der Waals surface area (Å²) in [7, 11) is -3.45. The van der Waals surface area contributed by atoms with E-state index in [1.165, 1.54) is 0 Å². The number of rotatable bonds is 5. The zero-order chi connectivity index (χ0) is 14.6. The van der Waals surface area contributed by atoms with Gasteiger partial charge < -0.3 is 5.73 Å². The lowest BCUT2D eigenvalue weighted by atomic mass is 10.1. The third-order valence-electron chi connectivity index (χ3n) is 2.92. The molecule has 2 aromatic rings. The van der Waals surface area contributed by atoms with Gasteiger partial charge in [0.05, 0.1) is 11.4 Å². The molecule has 0 saturated heterocycles. The van der Waals surface area contributed by atoms with Gasteiger partial charge in [-0.15, -0.1) is 0 Å². The minimum Gasteiger partial charge on any atom is -0.324 e. The second-order valence-corrected chi connectivity index (χ2v) is 6.44. The molecule has 0 radical (unpaired) electrons. The van der Waals surface area contributed by atoms with Gasteiger partial charge in [-0.1, -0.05) is 48.5 Å². The molecular weight excluding hydrogens is 272 g/mol. The summed E-state index contributed by atoms with van der Waals surface area (Å²) in [6.07, 6.45) is 0. The van der Waals surface area contributed by atoms with Crippen molar-refractivity contribution < 1.29 is 8.42 Å². The highest BCUT2D eigenvalue weighted by molar-refractivity contribution is 7.91. The first-order chi connectivity index (χ1) is 9.48. The number of nitrogens with one attached hydrogen (secondary N) is 1. The van der Waals surface area contributed by atoms with Gasteiger partial charge in [0.1, 0.15) is 0 Å². The van der Waals surface area contributed by atoms with E-state index < -0.39 is 10.0 Å². The first-order valence-electron chi connectivity index (χ1n) is 6.37. The molecule has 0 aliphatic heterocycles. The van der Waals surface area contributed by atoms with E-state index in [9.17, 15) is 8.42 Å². The van der Waals surface area contributed by atoms with Crippen molar-refractivity contribution in [3.8, 4) is 0 Å². The smallest absolute Gasteiger partial charge is 0.236 e. The Labute approximate surface area is 119 Å². The standard InChI is InChI=1S/C15H18N2O2S/c1-12(16)14-9-5-6-10-15(14)17-20(18,19)11-13-7-3-2-4-8-13/h2-10,12,17H,11,16H2,1H3. The highest BCUT2D eigenvalue weighted by Gasteiger charge is 2.14. The summed E-state index contributed by atoms with van der Waals surface area (Å²) in [5.41, 5.74) is 7.92. The maximum Gasteiger partial charge on any atom is 0.236 e. The quantitative estimate of drug-likeness (QED) is 0.889. The van der Waals surface area contributed by atoms with E-state index in [4.69, 9.17) is 5.73 Å². The average Bonchev–Trinajstić information content (AvgIpc) is 2.39. The van der Waals surface area contributed by atoms with E-state index >= 15 is 0 Å². The van der Waals surface area contributed by atoms with Crippen LogP contribution in [0.3, 0.4) is 0 Å². The molecule has 0 spiro atoms. The molecule has 2 rings (SSSR count). The molecule has 0 saturated carbocycles. The van der Waals surface area contributed by atoms with Crippen LogP contribution in [0, 0.1) is 0 Å². The monoisotopic (exact) mass is 290 g/mol. The molecule has 0 aromatic heterocycles. The minimum atomic E-state index is -3.45. The van der Waals surface area contributed by atoms with Crippen LogP contribution in [-0.2, 0) is 15.8 Å². The Bertz CT molecular complexity index is 667. The van der Waals surface area contributed by atoms with Crippen LogP contribution < -0.4 is 10.5 Å². The molecule has 5 heteroatoms. The first kappa shape index (κ1) is 14.6. The van der Waals surface area contributed by atoms with Gasteiger partial charge in [0, 0.05) is 6.04 Å². The van der Waals surface area contributed by atoms with Crippen LogP contribution in [0.5, 0.6) is 0 Å². The third kappa shape index (κ3) is 3.82. The van der Waals surface area contributed by atoms with Crippen LogP contribution in [0.2, 0.25) is 0 Å². The highest BCUT2D eigenvalue weighted by Crippen LogP contribution is 2.22. The molecule has 1 unspecified atom stereocenters. The molecule has 0 aliphatic rings. The molecule has 106 valence electrons. The summed E-state index contributed by atoms with van der Waals surface area (Å²) in [4.78, 5) is 0. The molecule has 20 heavy (non-hydrogen) atoms. The van der Waals surface area contributed by atoms with Crippen molar-refractivity contribution in [1.29, 1.82) is 0 Å². The van der Waals surface area contributed by atoms with Gasteiger partial charge >= 0.3 is 0 Å². The lowest BCUT2D eigenvalue weighted by Gasteiger charge is -2.14. The van der Waals surface area contributed by atoms with Gasteiger partial charge in [-0.05, 0) is 24.1 Å². The normalized spacial score (nSPS) is 12.9. The minimum absolute atomic E-state index is 0.0544. The molecule has 0 aliphatic carbocycles. The van der Waals surface area contributed by atoms with Crippen molar-refractivity contribution in [1.82, 2.24) is 0 Å². The molecule has 0 amide bonds. The summed E-state index contributed by atoms with van der Waals surface area (Å²) in [6, 6.07) is 16.0. The molecule has 0 heterocycles. The van der Waals surface area contributed by atoms with E-state index in [1.54, 1.807) is 24.3 Å². The van der Waals surface area contributed by atoms with Crippen LogP contribution >= 0.6 is 0 Å². The Kier molecular flexibility index (Phi) is 4.42. The molecule has 1 atom stereocenters. The SMILES string of the molecule is CC(N)c1ccccc1NS(=O)(=O)Cc1ccccc1. The van der Waals surface area contributed by atoms with Crippen molar-refractivity contribution in [2.75, 3.05) is 4.72 Å². The summed E-state index contributed by atoms with van der Waals surface area (Å²) in [6.45, 7) is 1.82. The fourth-order valence-corrected chi connectivity index (χ4v) is 3.21. The number of anilines is 1. The van der Waals surface area contributed by atoms with Crippen molar-refractivity contribution in [3.63, 3.8) is 0 Å². The Balaban J connectivity index is 2.21. The van der Waals surface area contributed by atoms with Gasteiger partial charge in [0.25, 0.3) is 0 Å². The Hall–Kier alpha value is -1.85. The summed E-state index contributed by atoms with van der Waals surface area (Å²) < 4.78 is 27.0. The van der Waals surface area contributed by atoms with Crippen LogP contribution in [0.15, 0.2) is 54.6 Å². The Morgan fingerprint density at radius 1 is 1.05 bits per heavy atom. The van der Waals surface area contributed by atoms with E-state index in [2.05, 4.69) is 4.72 Å². The van der Waals surface area contributed by atoms with Crippen molar-refractivity contribution in [2.45, 2.75) is 18.7 Å². The largest absolute Gasteiger partial charge is 0.324 e. The lowest BCUT2D eigenvalue weighted by Crippen LogP contribution is -2.18. The van der Waals surface area contributed by atoms with Crippen molar-refractivity contribution in [3.05, 3.63) is 65.7 Å². The van der Waals surface area contributed by atoms with Gasteiger partial charge in [-0.3, -0.25) is 4.72 Å². The van der Waals surface area contributed by atoms with Crippen LogP contribution in [0.4, 0.5) is 5.69 Å². The average molecular weight is 290 g/mol. The Morgan fingerprint density at radius 2 is 1.65 bits per heavy atom. The van der Waals surface area contributed by atoms with E-state index in [1.807, 2.05) is 37.3 Å². The molecule has 2 aromatic carbocycles. The molecular formula is C15H18N2O2S. The van der Waals surface area contributed by atoms with Crippen LogP contribution in [0.1, 0.15) is 24.1 Å². The number of nitrogens with two attached hydrogens (primary N) is 1. The van der Waals surface area contributed by atoms with Gasteiger partial charge in [-0.2, -0.15) is 0 Å². The second-order valence-electron chi connectivity index (χ2n) is 4.72. The number of hydrogen-bond donors (Lipinski definition) is 2. The summed E-state index contributed by atoms with van der Waals surface area (Å²) in [5, 5.41) is 0. The van der Waals surface area contributed by atoms with Crippen molar-refractivity contribution in [2.24, 2.45) is 5.73 Å². The predicted octanol–water partition coefficient (Wildman–Crippen LogP) is 2.65. The first-order valence-corrected chi connectivity index (χ1v) is 8.02. The third-order valence-corrected chi connectivity index (χ3v) is 4.16. The van der Waals surface area contributed by atoms with Gasteiger partial charge in [0.15, 0.2) is 0 Å². The molecule has 4 nitrogen and oxygen atoms in total. The van der Waals surface area contributed by atoms with Crippen LogP contribution in [0.25, 0.3) is 0 Å². The van der Waals surface area contributed by atoms with Gasteiger partial charge in [-0.25, -0.2) is 8.42 Å². The van der Waals surface area contributed by atoms with Crippen molar-refractivity contribution >= 4 is 15.7 Å². The fraction of sp³-hybridized carbons (Fsp3) is 0.200. The maximum atomic E-state index is 12.2. The van der Waals surface area contributed by atoms with E-state index in [-0.39, 0.29) is 11.8 Å². The fourth-order valence-electron chi connectivity index (χ4n) is 1.98. The van der Waals surface area contributed by atoms with Gasteiger partial charge in [0.2, 0.25) is 10.0 Å². The number of sulfonamides is 1. The molecule has 0 bridgehead atoms. The predicted molar refractivity (Wildman–Crippen MR) is 81.7 cm³/mol. The maximum absolute atomic E-state index is 12.2. The number of benzene rings is 2. The Morgan fingerprint density at radius 3 is 2.30 bits per heavy atom. The highest BCUT2D eigenvalue weighted by atomic mass is 32.2. The number of para-hydroxylation sites is 1. The zero-order valence-corrected chi connectivity index (χ0v) is 12.1. The van der Waals surface area contributed by atoms with E-state index in [0.717, 1.165) is 11.1 Å². The van der Waals surface area contributed by atoms with Crippen LogP contribution in [-0.4, -0.2) is 8.42 Å². The molecule has 0 fully saturated rings. The summed E-state index contributed by atoms with van der Waals surface area (Å²) >= 11 is 0. The zero-order valence-electron chi connectivity index (χ0n) is 11.3. The molecule has 3 N–H and O–H groups in total. The lowest BCUT2D eigenvalue weighted by molar-refractivity contribution is 0.600. The second kappa shape index (κ2) is 6.07.